The predicted octanol–water partition coefficient (Wildman–Crippen LogP) is 1.80. The van der Waals surface area contributed by atoms with Gasteiger partial charge in [0.1, 0.15) is 6.17 Å². The summed E-state index contributed by atoms with van der Waals surface area (Å²) in [5, 5.41) is 0. The van der Waals surface area contributed by atoms with Crippen molar-refractivity contribution < 1.29 is 22.0 Å². The van der Waals surface area contributed by atoms with Gasteiger partial charge >= 0.3 is 0 Å². The summed E-state index contributed by atoms with van der Waals surface area (Å²) in [5.41, 5.74) is 0. The maximum Gasteiger partial charge on any atom is 0.245 e. The van der Waals surface area contributed by atoms with Crippen LogP contribution in [0, 0.1) is 11.6 Å². The number of sulfonamides is 1. The van der Waals surface area contributed by atoms with Crippen molar-refractivity contribution in [3.05, 3.63) is 29.8 Å². The van der Waals surface area contributed by atoms with Gasteiger partial charge in [-0.15, -0.1) is 0 Å². The number of nitrogens with zero attached hydrogens (tertiary/aromatic N) is 2. The monoisotopic (exact) mass is 302 g/mol. The molecule has 0 aromatic heterocycles. The summed E-state index contributed by atoms with van der Waals surface area (Å²) >= 11 is 0. The molecule has 1 aliphatic rings. The molecule has 1 aromatic rings. The maximum absolute atomic E-state index is 13.2. The fourth-order valence-electron chi connectivity index (χ4n) is 2.13. The average Bonchev–Trinajstić information content (AvgIpc) is 2.42. The molecule has 0 bridgehead atoms. The smallest absolute Gasteiger partial charge is 0.211 e. The van der Waals surface area contributed by atoms with E-state index in [-0.39, 0.29) is 11.4 Å². The Bertz CT molecular complexity index is 657. The van der Waals surface area contributed by atoms with E-state index in [4.69, 9.17) is 0 Å². The second-order valence-corrected chi connectivity index (χ2v) is 6.28. The molecular formula is C12H12F2N2O3S. The molecular weight excluding hydrogens is 290 g/mol. The molecule has 1 atom stereocenters. The lowest BCUT2D eigenvalue weighted by atomic mass is 10.1. The first-order chi connectivity index (χ1) is 9.46. The number of hydrogen-bond donors (Lipinski definition) is 0. The normalized spacial score (nSPS) is 20.4. The highest BCUT2D eigenvalue weighted by atomic mass is 32.2. The van der Waals surface area contributed by atoms with Gasteiger partial charge in [0.2, 0.25) is 16.1 Å². The number of hydrogen-bond acceptors (Lipinski definition) is 4. The number of rotatable bonds is 3. The Morgan fingerprint density at radius 1 is 1.25 bits per heavy atom. The van der Waals surface area contributed by atoms with Crippen molar-refractivity contribution in [3.8, 4) is 0 Å². The van der Waals surface area contributed by atoms with Gasteiger partial charge in [-0.3, -0.25) is 0 Å². The van der Waals surface area contributed by atoms with Crippen molar-refractivity contribution in [1.82, 2.24) is 4.31 Å². The zero-order valence-electron chi connectivity index (χ0n) is 10.4. The second-order valence-electron chi connectivity index (χ2n) is 4.39. The molecule has 1 aliphatic heterocycles. The molecule has 1 fully saturated rings. The molecule has 20 heavy (non-hydrogen) atoms. The summed E-state index contributed by atoms with van der Waals surface area (Å²) in [4.78, 5) is 13.5. The van der Waals surface area contributed by atoms with Crippen LogP contribution in [0.5, 0.6) is 0 Å². The lowest BCUT2D eigenvalue weighted by Crippen LogP contribution is -2.42. The number of isocyanates is 1. The van der Waals surface area contributed by atoms with E-state index in [1.165, 1.54) is 6.08 Å². The Balaban J connectivity index is 2.41. The third-order valence-corrected chi connectivity index (χ3v) is 5.02. The molecule has 0 amide bonds. The summed E-state index contributed by atoms with van der Waals surface area (Å²) in [6.07, 6.45) is 2.27. The number of aliphatic imine (C=N–C) groups is 1. The summed E-state index contributed by atoms with van der Waals surface area (Å²) in [5.74, 6) is -2.36. The molecule has 0 N–H and O–H groups in total. The molecule has 1 unspecified atom stereocenters. The summed E-state index contributed by atoms with van der Waals surface area (Å²) in [7, 11) is -4.02. The maximum atomic E-state index is 13.2. The zero-order valence-corrected chi connectivity index (χ0v) is 11.2. The Morgan fingerprint density at radius 2 is 2.00 bits per heavy atom. The Kier molecular flexibility index (Phi) is 4.27. The molecule has 108 valence electrons. The summed E-state index contributed by atoms with van der Waals surface area (Å²) < 4.78 is 51.8. The molecule has 2 rings (SSSR count). The topological polar surface area (TPSA) is 66.8 Å². The molecule has 0 aliphatic carbocycles. The van der Waals surface area contributed by atoms with Crippen molar-refractivity contribution in [2.75, 3.05) is 6.54 Å². The Hall–Kier alpha value is -1.63. The molecule has 0 spiro atoms. The molecule has 0 saturated carbocycles. The summed E-state index contributed by atoms with van der Waals surface area (Å²) in [6.45, 7) is 0.178. The van der Waals surface area contributed by atoms with Gasteiger partial charge in [0, 0.05) is 6.54 Å². The van der Waals surface area contributed by atoms with Gasteiger partial charge in [0.05, 0.1) is 4.90 Å². The first kappa shape index (κ1) is 14.8. The summed E-state index contributed by atoms with van der Waals surface area (Å²) in [6, 6.07) is 2.37. The van der Waals surface area contributed by atoms with E-state index in [9.17, 15) is 22.0 Å². The third-order valence-electron chi connectivity index (χ3n) is 3.12. The van der Waals surface area contributed by atoms with Crippen LogP contribution >= 0.6 is 0 Å². The molecule has 1 saturated heterocycles. The van der Waals surface area contributed by atoms with Crippen LogP contribution in [-0.2, 0) is 14.8 Å². The van der Waals surface area contributed by atoms with Gasteiger partial charge in [-0.05, 0) is 37.5 Å². The van der Waals surface area contributed by atoms with E-state index in [2.05, 4.69) is 4.99 Å². The van der Waals surface area contributed by atoms with Crippen LogP contribution in [0.4, 0.5) is 8.78 Å². The zero-order chi connectivity index (χ0) is 14.8. The van der Waals surface area contributed by atoms with E-state index >= 15 is 0 Å². The van der Waals surface area contributed by atoms with E-state index in [1.54, 1.807) is 0 Å². The highest BCUT2D eigenvalue weighted by Gasteiger charge is 2.33. The fraction of sp³-hybridized carbons (Fsp3) is 0.417. The van der Waals surface area contributed by atoms with Crippen LogP contribution in [0.2, 0.25) is 0 Å². The van der Waals surface area contributed by atoms with Crippen molar-refractivity contribution in [1.29, 1.82) is 0 Å². The largest absolute Gasteiger partial charge is 0.245 e. The van der Waals surface area contributed by atoms with Crippen molar-refractivity contribution in [2.24, 2.45) is 4.99 Å². The van der Waals surface area contributed by atoms with Crippen LogP contribution in [0.15, 0.2) is 28.1 Å². The molecule has 0 radical (unpaired) electrons. The standard InChI is InChI=1S/C12H12F2N2O3S/c13-10-5-4-9(7-11(10)14)20(18,19)16-6-2-1-3-12(16)15-8-17/h4-5,7,12H,1-3,6H2. The van der Waals surface area contributed by atoms with Crippen molar-refractivity contribution in [3.63, 3.8) is 0 Å². The SMILES string of the molecule is O=C=NC1CCCCN1S(=O)(=O)c1ccc(F)c(F)c1. The molecule has 5 nitrogen and oxygen atoms in total. The quantitative estimate of drug-likeness (QED) is 0.631. The molecule has 8 heteroatoms. The van der Waals surface area contributed by atoms with Crippen LogP contribution in [-0.4, -0.2) is 31.5 Å². The van der Waals surface area contributed by atoms with Gasteiger partial charge in [-0.2, -0.15) is 9.30 Å². The Labute approximate surface area is 115 Å². The van der Waals surface area contributed by atoms with Crippen LogP contribution in [0.1, 0.15) is 19.3 Å². The second kappa shape index (κ2) is 5.78. The minimum Gasteiger partial charge on any atom is -0.211 e. The first-order valence-electron chi connectivity index (χ1n) is 6.00. The third kappa shape index (κ3) is 2.77. The first-order valence-corrected chi connectivity index (χ1v) is 7.44. The average molecular weight is 302 g/mol. The minimum atomic E-state index is -4.02. The molecule has 1 aromatic carbocycles. The van der Waals surface area contributed by atoms with Gasteiger partial charge in [-0.1, -0.05) is 0 Å². The van der Waals surface area contributed by atoms with Crippen LogP contribution < -0.4 is 0 Å². The number of halogens is 2. The van der Waals surface area contributed by atoms with E-state index in [0.29, 0.717) is 18.9 Å². The van der Waals surface area contributed by atoms with Gasteiger partial charge in [0.25, 0.3) is 0 Å². The van der Waals surface area contributed by atoms with E-state index in [1.807, 2.05) is 0 Å². The van der Waals surface area contributed by atoms with Crippen molar-refractivity contribution in [2.45, 2.75) is 30.3 Å². The lowest BCUT2D eigenvalue weighted by Gasteiger charge is -2.31. The van der Waals surface area contributed by atoms with Crippen LogP contribution in [0.3, 0.4) is 0 Å². The van der Waals surface area contributed by atoms with E-state index in [0.717, 1.165) is 22.9 Å². The number of benzene rings is 1. The predicted molar refractivity (Wildman–Crippen MR) is 66.0 cm³/mol. The number of carbonyl (C=O) groups excluding carboxylic acids is 1. The highest BCUT2D eigenvalue weighted by molar-refractivity contribution is 7.89. The van der Waals surface area contributed by atoms with Gasteiger partial charge in [0.15, 0.2) is 11.6 Å². The van der Waals surface area contributed by atoms with Gasteiger partial charge in [-0.25, -0.2) is 22.0 Å². The Morgan fingerprint density at radius 3 is 2.65 bits per heavy atom. The lowest BCUT2D eigenvalue weighted by molar-refractivity contribution is 0.259. The van der Waals surface area contributed by atoms with Gasteiger partial charge < -0.3 is 0 Å². The molecule has 1 heterocycles. The highest BCUT2D eigenvalue weighted by Crippen LogP contribution is 2.26. The minimum absolute atomic E-state index is 0.178. The van der Waals surface area contributed by atoms with Crippen LogP contribution in [0.25, 0.3) is 0 Å². The van der Waals surface area contributed by atoms with Crippen molar-refractivity contribution >= 4 is 16.1 Å². The number of piperidine rings is 1. The fourth-order valence-corrected chi connectivity index (χ4v) is 3.74. The van der Waals surface area contributed by atoms with E-state index < -0.39 is 27.8 Å².